The molecule has 1 N–H and O–H groups in total. The van der Waals surface area contributed by atoms with Gasteiger partial charge in [-0.25, -0.2) is 0 Å². The van der Waals surface area contributed by atoms with Crippen LogP contribution in [-0.2, 0) is 4.74 Å². The van der Waals surface area contributed by atoms with Crippen molar-refractivity contribution in [2.45, 2.75) is 58.3 Å². The predicted molar refractivity (Wildman–Crippen MR) is 51.3 cm³/mol. The van der Waals surface area contributed by atoms with Gasteiger partial charge < -0.3 is 10.1 Å². The first-order valence-electron chi connectivity index (χ1n) is 5.07. The van der Waals surface area contributed by atoms with Gasteiger partial charge >= 0.3 is 0 Å². The lowest BCUT2D eigenvalue weighted by Crippen LogP contribution is -2.26. The third-order valence-electron chi connectivity index (χ3n) is 2.34. The Hall–Kier alpha value is -0.0800. The monoisotopic (exact) mass is 171 g/mol. The van der Waals surface area contributed by atoms with E-state index in [9.17, 15) is 0 Å². The highest BCUT2D eigenvalue weighted by Crippen LogP contribution is 2.20. The zero-order valence-corrected chi connectivity index (χ0v) is 8.47. The van der Waals surface area contributed by atoms with Crippen molar-refractivity contribution in [3.63, 3.8) is 0 Å². The van der Waals surface area contributed by atoms with Crippen LogP contribution < -0.4 is 5.32 Å². The summed E-state index contributed by atoms with van der Waals surface area (Å²) < 4.78 is 5.70. The molecule has 1 rings (SSSR count). The molecule has 1 saturated heterocycles. The maximum atomic E-state index is 5.70. The summed E-state index contributed by atoms with van der Waals surface area (Å²) in [6, 6.07) is 0.601. The highest BCUT2D eigenvalue weighted by molar-refractivity contribution is 4.71. The summed E-state index contributed by atoms with van der Waals surface area (Å²) in [5.74, 6) is 0. The average Bonchev–Trinajstić information content (AvgIpc) is 2.35. The molecule has 0 spiro atoms. The first kappa shape index (κ1) is 10.0. The molecular weight excluding hydrogens is 150 g/mol. The molecule has 0 radical (unpaired) electrons. The lowest BCUT2D eigenvalue weighted by molar-refractivity contribution is 0.0509. The second kappa shape index (κ2) is 4.83. The average molecular weight is 171 g/mol. The van der Waals surface area contributed by atoms with E-state index in [1.165, 1.54) is 19.3 Å². The van der Waals surface area contributed by atoms with E-state index < -0.39 is 0 Å². The van der Waals surface area contributed by atoms with Crippen LogP contribution in [0.15, 0.2) is 0 Å². The molecule has 12 heavy (non-hydrogen) atoms. The fourth-order valence-corrected chi connectivity index (χ4v) is 1.63. The SMILES string of the molecule is CC(C)NCCC1CCC(C)O1. The van der Waals surface area contributed by atoms with Gasteiger partial charge in [0.2, 0.25) is 0 Å². The molecule has 2 nitrogen and oxygen atoms in total. The van der Waals surface area contributed by atoms with Crippen molar-refractivity contribution in [2.75, 3.05) is 6.54 Å². The molecule has 2 heteroatoms. The number of hydrogen-bond acceptors (Lipinski definition) is 2. The van der Waals surface area contributed by atoms with Gasteiger partial charge in [0.15, 0.2) is 0 Å². The van der Waals surface area contributed by atoms with Gasteiger partial charge in [0.05, 0.1) is 12.2 Å². The molecule has 2 atom stereocenters. The molecule has 0 aliphatic carbocycles. The second-order valence-corrected chi connectivity index (χ2v) is 4.04. The lowest BCUT2D eigenvalue weighted by atomic mass is 10.1. The second-order valence-electron chi connectivity index (χ2n) is 4.04. The minimum absolute atomic E-state index is 0.494. The minimum Gasteiger partial charge on any atom is -0.375 e. The van der Waals surface area contributed by atoms with E-state index in [1.807, 2.05) is 0 Å². The van der Waals surface area contributed by atoms with Gasteiger partial charge in [-0.1, -0.05) is 13.8 Å². The molecule has 0 saturated carbocycles. The van der Waals surface area contributed by atoms with Crippen molar-refractivity contribution in [2.24, 2.45) is 0 Å². The van der Waals surface area contributed by atoms with E-state index >= 15 is 0 Å². The standard InChI is InChI=1S/C10H21NO/c1-8(2)11-7-6-10-5-4-9(3)12-10/h8-11H,4-7H2,1-3H3. The van der Waals surface area contributed by atoms with Gasteiger partial charge in [-0.15, -0.1) is 0 Å². The molecular formula is C10H21NO. The van der Waals surface area contributed by atoms with Crippen LogP contribution in [0.2, 0.25) is 0 Å². The highest BCUT2D eigenvalue weighted by Gasteiger charge is 2.20. The normalized spacial score (nSPS) is 30.0. The van der Waals surface area contributed by atoms with Gasteiger partial charge in [0, 0.05) is 6.04 Å². The Morgan fingerprint density at radius 3 is 2.67 bits per heavy atom. The Kier molecular flexibility index (Phi) is 4.02. The summed E-state index contributed by atoms with van der Waals surface area (Å²) >= 11 is 0. The van der Waals surface area contributed by atoms with Crippen LogP contribution in [0.3, 0.4) is 0 Å². The number of hydrogen-bond donors (Lipinski definition) is 1. The van der Waals surface area contributed by atoms with Crippen molar-refractivity contribution in [3.8, 4) is 0 Å². The van der Waals surface area contributed by atoms with Crippen molar-refractivity contribution < 1.29 is 4.74 Å². The Labute approximate surface area is 75.7 Å². The Morgan fingerprint density at radius 1 is 1.42 bits per heavy atom. The fourth-order valence-electron chi connectivity index (χ4n) is 1.63. The molecule has 2 unspecified atom stereocenters. The molecule has 1 aliphatic heterocycles. The zero-order valence-electron chi connectivity index (χ0n) is 8.47. The lowest BCUT2D eigenvalue weighted by Gasteiger charge is -2.12. The van der Waals surface area contributed by atoms with Gasteiger partial charge in [-0.05, 0) is 32.7 Å². The van der Waals surface area contributed by atoms with Crippen molar-refractivity contribution in [1.82, 2.24) is 5.32 Å². The van der Waals surface area contributed by atoms with E-state index in [0.29, 0.717) is 18.2 Å². The van der Waals surface area contributed by atoms with Crippen molar-refractivity contribution in [3.05, 3.63) is 0 Å². The van der Waals surface area contributed by atoms with E-state index in [-0.39, 0.29) is 0 Å². The first-order chi connectivity index (χ1) is 5.68. The third kappa shape index (κ3) is 3.55. The zero-order chi connectivity index (χ0) is 8.97. The maximum absolute atomic E-state index is 5.70. The molecule has 0 bridgehead atoms. The van der Waals surface area contributed by atoms with Gasteiger partial charge in [0.1, 0.15) is 0 Å². The van der Waals surface area contributed by atoms with E-state index in [4.69, 9.17) is 4.74 Å². The summed E-state index contributed by atoms with van der Waals surface area (Å²) in [6.07, 6.45) is 4.68. The molecule has 0 aromatic carbocycles. The van der Waals surface area contributed by atoms with E-state index in [1.54, 1.807) is 0 Å². The smallest absolute Gasteiger partial charge is 0.0591 e. The topological polar surface area (TPSA) is 21.3 Å². The van der Waals surface area contributed by atoms with Gasteiger partial charge in [-0.2, -0.15) is 0 Å². The van der Waals surface area contributed by atoms with Crippen LogP contribution in [-0.4, -0.2) is 24.8 Å². The summed E-state index contributed by atoms with van der Waals surface area (Å²) in [6.45, 7) is 7.61. The highest BCUT2D eigenvalue weighted by atomic mass is 16.5. The van der Waals surface area contributed by atoms with Crippen LogP contribution in [0.5, 0.6) is 0 Å². The van der Waals surface area contributed by atoms with E-state index in [2.05, 4.69) is 26.1 Å². The summed E-state index contributed by atoms with van der Waals surface area (Å²) in [5, 5.41) is 3.41. The predicted octanol–water partition coefficient (Wildman–Crippen LogP) is 1.94. The Morgan fingerprint density at radius 2 is 2.17 bits per heavy atom. The third-order valence-corrected chi connectivity index (χ3v) is 2.34. The summed E-state index contributed by atoms with van der Waals surface area (Å²) in [7, 11) is 0. The molecule has 1 aliphatic rings. The maximum Gasteiger partial charge on any atom is 0.0591 e. The number of ether oxygens (including phenoxy) is 1. The van der Waals surface area contributed by atoms with Gasteiger partial charge in [-0.3, -0.25) is 0 Å². The molecule has 0 aromatic rings. The molecule has 1 fully saturated rings. The van der Waals surface area contributed by atoms with Crippen LogP contribution in [0.4, 0.5) is 0 Å². The molecule has 0 amide bonds. The number of nitrogens with one attached hydrogen (secondary N) is 1. The quantitative estimate of drug-likeness (QED) is 0.698. The number of rotatable bonds is 4. The van der Waals surface area contributed by atoms with Crippen LogP contribution in [0, 0.1) is 0 Å². The molecule has 0 aromatic heterocycles. The molecule has 1 heterocycles. The Bertz CT molecular complexity index is 125. The van der Waals surface area contributed by atoms with E-state index in [0.717, 1.165) is 6.54 Å². The van der Waals surface area contributed by atoms with Crippen molar-refractivity contribution in [1.29, 1.82) is 0 Å². The Balaban J connectivity index is 2.00. The van der Waals surface area contributed by atoms with Crippen LogP contribution in [0.25, 0.3) is 0 Å². The summed E-state index contributed by atoms with van der Waals surface area (Å²) in [4.78, 5) is 0. The minimum atomic E-state index is 0.494. The fraction of sp³-hybridized carbons (Fsp3) is 1.00. The van der Waals surface area contributed by atoms with Crippen LogP contribution in [0.1, 0.15) is 40.0 Å². The van der Waals surface area contributed by atoms with Gasteiger partial charge in [0.25, 0.3) is 0 Å². The van der Waals surface area contributed by atoms with Crippen LogP contribution >= 0.6 is 0 Å². The summed E-state index contributed by atoms with van der Waals surface area (Å²) in [5.41, 5.74) is 0. The van der Waals surface area contributed by atoms with Crippen molar-refractivity contribution >= 4 is 0 Å². The largest absolute Gasteiger partial charge is 0.375 e. The molecule has 72 valence electrons. The first-order valence-corrected chi connectivity index (χ1v) is 5.07.